The number of rotatable bonds is 5. The van der Waals surface area contributed by atoms with Crippen LogP contribution in [0, 0.1) is 23.4 Å². The highest BCUT2D eigenvalue weighted by molar-refractivity contribution is 5.97. The Kier molecular flexibility index (Phi) is 6.34. The topological polar surface area (TPSA) is 108 Å². The molecule has 2 aromatic heterocycles. The molecule has 3 N–H and O–H groups in total. The quantitative estimate of drug-likeness (QED) is 0.428. The summed E-state index contributed by atoms with van der Waals surface area (Å²) in [6.07, 6.45) is -5.90. The van der Waals surface area contributed by atoms with Crippen LogP contribution < -0.4 is 15.6 Å². The number of alkyl halides is 3. The lowest BCUT2D eigenvalue weighted by Crippen LogP contribution is -2.48. The van der Waals surface area contributed by atoms with Gasteiger partial charge in [0.15, 0.2) is 17.3 Å². The number of β-amino-alcohol motifs (C(OH)–C–C–N with tert-alkyl or cyclic N) is 2. The number of aliphatic hydroxyl groups excluding tert-OH is 2. The molecule has 1 saturated heterocycles. The van der Waals surface area contributed by atoms with Gasteiger partial charge in [-0.15, -0.1) is 0 Å². The summed E-state index contributed by atoms with van der Waals surface area (Å²) < 4.78 is 84.4. The summed E-state index contributed by atoms with van der Waals surface area (Å²) in [5.41, 5.74) is -3.20. The number of aromatic nitrogens is 2. The molecule has 1 aromatic carbocycles. The number of nitrogens with zero attached hydrogens (tertiary/aromatic N) is 3. The van der Waals surface area contributed by atoms with E-state index < -0.39 is 70.4 Å². The van der Waals surface area contributed by atoms with Crippen molar-refractivity contribution in [2.45, 2.75) is 37.3 Å². The number of halogens is 6. The van der Waals surface area contributed by atoms with Gasteiger partial charge in [-0.2, -0.15) is 13.2 Å². The minimum absolute atomic E-state index is 0.0519. The Bertz CT molecular complexity index is 1460. The molecule has 1 aliphatic heterocycles. The second-order valence-corrected chi connectivity index (χ2v) is 9.37. The fraction of sp³-hybridized carbons (Fsp3) is 0.375. The van der Waals surface area contributed by atoms with Gasteiger partial charge in [0, 0.05) is 31.4 Å². The second-order valence-electron chi connectivity index (χ2n) is 9.37. The highest BCUT2D eigenvalue weighted by Crippen LogP contribution is 2.40. The van der Waals surface area contributed by atoms with Crippen LogP contribution in [-0.2, 0) is 0 Å². The van der Waals surface area contributed by atoms with E-state index in [2.05, 4.69) is 4.98 Å². The molecule has 0 radical (unpaired) electrons. The number of nitrogens with one attached hydrogen (secondary N) is 1. The van der Waals surface area contributed by atoms with Crippen LogP contribution in [0.5, 0.6) is 0 Å². The van der Waals surface area contributed by atoms with E-state index in [1.165, 1.54) is 11.0 Å². The van der Waals surface area contributed by atoms with Crippen molar-refractivity contribution < 1.29 is 41.4 Å². The van der Waals surface area contributed by atoms with E-state index in [9.17, 15) is 46.1 Å². The molecule has 1 saturated carbocycles. The van der Waals surface area contributed by atoms with Crippen LogP contribution in [0.1, 0.15) is 23.2 Å². The minimum atomic E-state index is -4.79. The van der Waals surface area contributed by atoms with Crippen LogP contribution in [0.3, 0.4) is 0 Å². The maximum Gasteiger partial charge on any atom is 0.408 e. The molecule has 8 nitrogen and oxygen atoms in total. The highest BCUT2D eigenvalue weighted by atomic mass is 19.4. The molecule has 202 valence electrons. The molecule has 38 heavy (non-hydrogen) atoms. The molecule has 0 spiro atoms. The predicted octanol–water partition coefficient (Wildman–Crippen LogP) is 2.42. The molecule has 1 amide bonds. The lowest BCUT2D eigenvalue weighted by Gasteiger charge is -2.22. The van der Waals surface area contributed by atoms with Crippen LogP contribution in [0.25, 0.3) is 16.7 Å². The first-order chi connectivity index (χ1) is 17.8. The van der Waals surface area contributed by atoms with Gasteiger partial charge < -0.3 is 20.4 Å². The van der Waals surface area contributed by atoms with Gasteiger partial charge in [-0.25, -0.2) is 18.2 Å². The van der Waals surface area contributed by atoms with Gasteiger partial charge in [0.05, 0.1) is 17.6 Å². The first-order valence-electron chi connectivity index (χ1n) is 11.5. The Morgan fingerprint density at radius 3 is 2.21 bits per heavy atom. The Morgan fingerprint density at radius 1 is 1.05 bits per heavy atom. The summed E-state index contributed by atoms with van der Waals surface area (Å²) in [6, 6.07) is 0.941. The number of hydrogen-bond donors (Lipinski definition) is 3. The molecule has 3 atom stereocenters. The third-order valence-electron chi connectivity index (χ3n) is 6.62. The predicted molar refractivity (Wildman–Crippen MR) is 121 cm³/mol. The first kappa shape index (κ1) is 26.0. The molecular weight excluding hydrogens is 522 g/mol. The molecule has 2 aliphatic rings. The van der Waals surface area contributed by atoms with Crippen molar-refractivity contribution in [3.05, 3.63) is 63.7 Å². The molecule has 0 unspecified atom stereocenters. The number of hydrogen-bond acceptors (Lipinski definition) is 6. The van der Waals surface area contributed by atoms with Crippen molar-refractivity contribution in [1.82, 2.24) is 14.9 Å². The van der Waals surface area contributed by atoms with Crippen molar-refractivity contribution in [3.63, 3.8) is 0 Å². The van der Waals surface area contributed by atoms with Crippen LogP contribution in [0.15, 0.2) is 35.3 Å². The third-order valence-corrected chi connectivity index (χ3v) is 6.62. The SMILES string of the molecule is O=C(N[C@@H](C1CC1)C(F)(F)F)c1cn(-c2c(F)cc(F)cc2F)c2nc(N3C[C@H](O)[C@@H](O)C3)ccc2c1=O. The van der Waals surface area contributed by atoms with E-state index >= 15 is 0 Å². The van der Waals surface area contributed by atoms with Crippen LogP contribution in [-0.4, -0.2) is 63.2 Å². The van der Waals surface area contributed by atoms with Crippen LogP contribution in [0.2, 0.25) is 0 Å². The summed E-state index contributed by atoms with van der Waals surface area (Å²) >= 11 is 0. The lowest BCUT2D eigenvalue weighted by molar-refractivity contribution is -0.158. The maximum absolute atomic E-state index is 14.8. The van der Waals surface area contributed by atoms with Gasteiger partial charge in [-0.3, -0.25) is 14.2 Å². The standard InChI is InChI=1S/C24H20F6N4O4/c25-11-5-14(26)19(15(27)6-11)34-7-13(23(38)32-21(10-1-2-10)24(28,29)30)20(37)12-3-4-18(31-22(12)34)33-8-16(35)17(36)9-33/h3-7,10,16-17,21,35-36H,1-2,8-9H2,(H,32,38)/t16-,17-,21-/m0/s1. The monoisotopic (exact) mass is 542 g/mol. The fourth-order valence-electron chi connectivity index (χ4n) is 4.54. The second kappa shape index (κ2) is 9.27. The minimum Gasteiger partial charge on any atom is -0.389 e. The molecule has 14 heteroatoms. The van der Waals surface area contributed by atoms with Crippen molar-refractivity contribution in [2.24, 2.45) is 5.92 Å². The number of carbonyl (C=O) groups is 1. The normalized spacial score (nSPS) is 20.7. The lowest BCUT2D eigenvalue weighted by atomic mass is 10.1. The average Bonchev–Trinajstić information content (AvgIpc) is 3.61. The van der Waals surface area contributed by atoms with E-state index in [0.29, 0.717) is 22.9 Å². The Labute approximate surface area is 210 Å². The van der Waals surface area contributed by atoms with Crippen molar-refractivity contribution in [3.8, 4) is 5.69 Å². The van der Waals surface area contributed by atoms with Gasteiger partial charge in [0.2, 0.25) is 5.43 Å². The van der Waals surface area contributed by atoms with E-state index in [1.807, 2.05) is 5.32 Å². The molecule has 0 bridgehead atoms. The largest absolute Gasteiger partial charge is 0.408 e. The number of benzene rings is 1. The smallest absolute Gasteiger partial charge is 0.389 e. The molecule has 3 heterocycles. The van der Waals surface area contributed by atoms with Gasteiger partial charge in [0.1, 0.15) is 28.9 Å². The summed E-state index contributed by atoms with van der Waals surface area (Å²) in [6.45, 7) is -0.104. The number of pyridine rings is 2. The average molecular weight is 542 g/mol. The molecule has 3 aromatic rings. The molecule has 5 rings (SSSR count). The van der Waals surface area contributed by atoms with Crippen molar-refractivity contribution in [2.75, 3.05) is 18.0 Å². The number of fused-ring (bicyclic) bond motifs is 1. The summed E-state index contributed by atoms with van der Waals surface area (Å²) in [5, 5.41) is 21.2. The summed E-state index contributed by atoms with van der Waals surface area (Å²) in [7, 11) is 0. The van der Waals surface area contributed by atoms with Crippen LogP contribution >= 0.6 is 0 Å². The van der Waals surface area contributed by atoms with E-state index in [-0.39, 0.29) is 42.8 Å². The van der Waals surface area contributed by atoms with Gasteiger partial charge >= 0.3 is 6.18 Å². The van der Waals surface area contributed by atoms with Gasteiger partial charge in [0.25, 0.3) is 5.91 Å². The Balaban J connectivity index is 1.68. The van der Waals surface area contributed by atoms with E-state index in [4.69, 9.17) is 0 Å². The van der Waals surface area contributed by atoms with E-state index in [1.54, 1.807) is 0 Å². The number of carbonyl (C=O) groups excluding carboxylic acids is 1. The Hall–Kier alpha value is -3.65. The van der Waals surface area contributed by atoms with Crippen molar-refractivity contribution in [1.29, 1.82) is 0 Å². The van der Waals surface area contributed by atoms with Gasteiger partial charge in [-0.05, 0) is 30.9 Å². The zero-order valence-corrected chi connectivity index (χ0v) is 19.3. The van der Waals surface area contributed by atoms with Crippen LogP contribution in [0.4, 0.5) is 32.2 Å². The maximum atomic E-state index is 14.8. The summed E-state index contributed by atoms with van der Waals surface area (Å²) in [4.78, 5) is 31.8. The van der Waals surface area contributed by atoms with E-state index in [0.717, 1.165) is 6.07 Å². The number of aliphatic hydroxyl groups is 2. The number of anilines is 1. The number of amides is 1. The molecule has 2 fully saturated rings. The highest BCUT2D eigenvalue weighted by Gasteiger charge is 2.50. The molecular formula is C24H20F6N4O4. The third kappa shape index (κ3) is 4.69. The van der Waals surface area contributed by atoms with Crippen molar-refractivity contribution >= 4 is 22.8 Å². The zero-order chi connectivity index (χ0) is 27.5. The zero-order valence-electron chi connectivity index (χ0n) is 19.3. The molecule has 1 aliphatic carbocycles. The first-order valence-corrected chi connectivity index (χ1v) is 11.5. The van der Waals surface area contributed by atoms with Gasteiger partial charge in [-0.1, -0.05) is 0 Å². The Morgan fingerprint density at radius 2 is 1.66 bits per heavy atom. The fourth-order valence-corrected chi connectivity index (χ4v) is 4.54. The summed E-state index contributed by atoms with van der Waals surface area (Å²) in [5.74, 6) is -6.28.